The zero-order valence-corrected chi connectivity index (χ0v) is 17.5. The number of benzene rings is 1. The lowest BCUT2D eigenvalue weighted by atomic mass is 9.93. The number of aryl methyl sites for hydroxylation is 1. The maximum Gasteiger partial charge on any atom is 0.289 e. The van der Waals surface area contributed by atoms with Crippen molar-refractivity contribution < 1.29 is 14.0 Å². The van der Waals surface area contributed by atoms with Gasteiger partial charge in [0.25, 0.3) is 5.91 Å². The summed E-state index contributed by atoms with van der Waals surface area (Å²) < 4.78 is 7.16. The number of fused-ring (bicyclic) bond motifs is 2. The first kappa shape index (κ1) is 20.0. The predicted octanol–water partition coefficient (Wildman–Crippen LogP) is 2.97. The van der Waals surface area contributed by atoms with E-state index in [1.54, 1.807) is 23.2 Å². The van der Waals surface area contributed by atoms with Gasteiger partial charge in [0.05, 0.1) is 23.4 Å². The van der Waals surface area contributed by atoms with Crippen molar-refractivity contribution in [3.8, 4) is 0 Å². The number of hydrogen-bond acceptors (Lipinski definition) is 5. The van der Waals surface area contributed by atoms with E-state index in [1.807, 2.05) is 47.3 Å². The molecule has 1 unspecified atom stereocenters. The highest BCUT2D eigenvalue weighted by Crippen LogP contribution is 2.28. The van der Waals surface area contributed by atoms with Gasteiger partial charge in [0.2, 0.25) is 5.91 Å². The quantitative estimate of drug-likeness (QED) is 0.476. The SMILES string of the molecule is O=C(NCCCn1cc2ccccc2n1)C1CN(C(=O)c2ccco2)Cc2cccnc21. The summed E-state index contributed by atoms with van der Waals surface area (Å²) in [6.45, 7) is 1.89. The van der Waals surface area contributed by atoms with Crippen LogP contribution in [-0.2, 0) is 17.9 Å². The van der Waals surface area contributed by atoms with Crippen LogP contribution in [0.1, 0.15) is 34.2 Å². The lowest BCUT2D eigenvalue weighted by Gasteiger charge is -2.32. The number of furan rings is 1. The van der Waals surface area contributed by atoms with E-state index < -0.39 is 5.92 Å². The number of rotatable bonds is 6. The minimum absolute atomic E-state index is 0.132. The van der Waals surface area contributed by atoms with E-state index in [-0.39, 0.29) is 24.1 Å². The largest absolute Gasteiger partial charge is 0.459 e. The van der Waals surface area contributed by atoms with Gasteiger partial charge in [-0.3, -0.25) is 19.3 Å². The fourth-order valence-electron chi connectivity index (χ4n) is 4.10. The van der Waals surface area contributed by atoms with Crippen molar-refractivity contribution in [1.29, 1.82) is 0 Å². The zero-order valence-electron chi connectivity index (χ0n) is 17.5. The van der Waals surface area contributed by atoms with Crippen LogP contribution in [0, 0.1) is 0 Å². The predicted molar refractivity (Wildman–Crippen MR) is 118 cm³/mol. The highest BCUT2D eigenvalue weighted by molar-refractivity contribution is 5.93. The molecule has 3 aromatic heterocycles. The van der Waals surface area contributed by atoms with Crippen molar-refractivity contribution in [2.75, 3.05) is 13.1 Å². The summed E-state index contributed by atoms with van der Waals surface area (Å²) in [5.74, 6) is -0.616. The standard InChI is InChI=1S/C24H23N5O3/c30-23(26-11-5-12-29-15-17-6-1-2-8-20(17)27-29)19-16-28(24(31)21-9-4-13-32-21)14-18-7-3-10-25-22(18)19/h1-4,6-10,13,15,19H,5,11-12,14,16H2,(H,26,30). The number of pyridine rings is 1. The molecule has 1 aliphatic rings. The van der Waals surface area contributed by atoms with E-state index in [2.05, 4.69) is 15.4 Å². The van der Waals surface area contributed by atoms with Crippen molar-refractivity contribution in [1.82, 2.24) is 25.0 Å². The van der Waals surface area contributed by atoms with Crippen LogP contribution in [0.5, 0.6) is 0 Å². The minimum atomic E-state index is -0.522. The Kier molecular flexibility index (Phi) is 5.41. The molecule has 1 N–H and O–H groups in total. The van der Waals surface area contributed by atoms with Gasteiger partial charge in [-0.05, 0) is 36.2 Å². The fourth-order valence-corrected chi connectivity index (χ4v) is 4.10. The summed E-state index contributed by atoms with van der Waals surface area (Å²) in [5.41, 5.74) is 2.57. The monoisotopic (exact) mass is 429 g/mol. The number of nitrogens with zero attached hydrogens (tertiary/aromatic N) is 4. The molecule has 0 bridgehead atoms. The lowest BCUT2D eigenvalue weighted by molar-refractivity contribution is -0.123. The van der Waals surface area contributed by atoms with Crippen LogP contribution in [0.2, 0.25) is 0 Å². The Bertz CT molecular complexity index is 1210. The van der Waals surface area contributed by atoms with Crippen LogP contribution in [-0.4, -0.2) is 44.6 Å². The van der Waals surface area contributed by atoms with E-state index in [9.17, 15) is 9.59 Å². The highest BCUT2D eigenvalue weighted by Gasteiger charge is 2.34. The Labute approximate surface area is 184 Å². The Morgan fingerprint density at radius 3 is 2.88 bits per heavy atom. The molecule has 8 heteroatoms. The molecular weight excluding hydrogens is 406 g/mol. The number of amides is 2. The summed E-state index contributed by atoms with van der Waals surface area (Å²) in [6, 6.07) is 15.0. The molecule has 2 amide bonds. The van der Waals surface area contributed by atoms with Gasteiger partial charge in [-0.2, -0.15) is 5.10 Å². The molecule has 32 heavy (non-hydrogen) atoms. The van der Waals surface area contributed by atoms with Gasteiger partial charge < -0.3 is 14.6 Å². The van der Waals surface area contributed by atoms with E-state index in [1.165, 1.54) is 6.26 Å². The fraction of sp³-hybridized carbons (Fsp3) is 0.250. The van der Waals surface area contributed by atoms with E-state index >= 15 is 0 Å². The first-order valence-corrected chi connectivity index (χ1v) is 10.7. The van der Waals surface area contributed by atoms with Crippen molar-refractivity contribution in [3.63, 3.8) is 0 Å². The molecule has 0 saturated carbocycles. The summed E-state index contributed by atoms with van der Waals surface area (Å²) in [7, 11) is 0. The molecule has 4 heterocycles. The average Bonchev–Trinajstić information content (AvgIpc) is 3.50. The normalized spacial score (nSPS) is 15.5. The average molecular weight is 429 g/mol. The van der Waals surface area contributed by atoms with E-state index in [0.29, 0.717) is 19.6 Å². The minimum Gasteiger partial charge on any atom is -0.459 e. The summed E-state index contributed by atoms with van der Waals surface area (Å²) in [6.07, 6.45) is 5.91. The maximum atomic E-state index is 13.0. The number of carbonyl (C=O) groups excluding carboxylic acids is 2. The van der Waals surface area contributed by atoms with Crippen LogP contribution < -0.4 is 5.32 Å². The first-order chi connectivity index (χ1) is 15.7. The van der Waals surface area contributed by atoms with Crippen molar-refractivity contribution >= 4 is 22.7 Å². The second-order valence-corrected chi connectivity index (χ2v) is 7.86. The molecule has 1 aromatic carbocycles. The Morgan fingerprint density at radius 2 is 2.03 bits per heavy atom. The van der Waals surface area contributed by atoms with Crippen LogP contribution in [0.25, 0.3) is 10.9 Å². The molecule has 0 fully saturated rings. The molecule has 162 valence electrons. The molecule has 8 nitrogen and oxygen atoms in total. The smallest absolute Gasteiger partial charge is 0.289 e. The molecule has 0 spiro atoms. The maximum absolute atomic E-state index is 13.0. The summed E-state index contributed by atoms with van der Waals surface area (Å²) in [5, 5.41) is 8.65. The van der Waals surface area contributed by atoms with Crippen LogP contribution in [0.15, 0.2) is 71.6 Å². The third-order valence-corrected chi connectivity index (χ3v) is 5.68. The van der Waals surface area contributed by atoms with Crippen molar-refractivity contribution in [3.05, 3.63) is 84.2 Å². The lowest BCUT2D eigenvalue weighted by Crippen LogP contribution is -2.44. The number of aromatic nitrogens is 3. The van der Waals surface area contributed by atoms with Gasteiger partial charge in [-0.1, -0.05) is 24.3 Å². The van der Waals surface area contributed by atoms with Gasteiger partial charge in [0.15, 0.2) is 5.76 Å². The molecule has 1 aliphatic heterocycles. The summed E-state index contributed by atoms with van der Waals surface area (Å²) >= 11 is 0. The van der Waals surface area contributed by atoms with Gasteiger partial charge >= 0.3 is 0 Å². The Hall–Kier alpha value is -3.94. The molecule has 5 rings (SSSR count). The molecule has 0 saturated heterocycles. The Balaban J connectivity index is 1.23. The van der Waals surface area contributed by atoms with Gasteiger partial charge in [-0.25, -0.2) is 0 Å². The number of carbonyl (C=O) groups is 2. The zero-order chi connectivity index (χ0) is 21.9. The van der Waals surface area contributed by atoms with E-state index in [0.717, 1.165) is 28.6 Å². The van der Waals surface area contributed by atoms with Gasteiger partial charge in [-0.15, -0.1) is 0 Å². The second kappa shape index (κ2) is 8.66. The Morgan fingerprint density at radius 1 is 1.12 bits per heavy atom. The van der Waals surface area contributed by atoms with Crippen molar-refractivity contribution in [2.45, 2.75) is 25.4 Å². The highest BCUT2D eigenvalue weighted by atomic mass is 16.3. The number of hydrogen-bond donors (Lipinski definition) is 1. The topological polar surface area (TPSA) is 93.3 Å². The molecule has 0 radical (unpaired) electrons. The van der Waals surface area contributed by atoms with Crippen LogP contribution in [0.4, 0.5) is 0 Å². The molecule has 1 atom stereocenters. The first-order valence-electron chi connectivity index (χ1n) is 10.7. The van der Waals surface area contributed by atoms with Crippen LogP contribution >= 0.6 is 0 Å². The molecular formula is C24H23N5O3. The third-order valence-electron chi connectivity index (χ3n) is 5.68. The van der Waals surface area contributed by atoms with Gasteiger partial charge in [0.1, 0.15) is 0 Å². The third kappa shape index (κ3) is 3.99. The molecule has 0 aliphatic carbocycles. The number of nitrogens with one attached hydrogen (secondary N) is 1. The van der Waals surface area contributed by atoms with Crippen LogP contribution in [0.3, 0.4) is 0 Å². The van der Waals surface area contributed by atoms with Gasteiger partial charge in [0, 0.05) is 44.0 Å². The molecule has 4 aromatic rings. The second-order valence-electron chi connectivity index (χ2n) is 7.86. The van der Waals surface area contributed by atoms with Crippen molar-refractivity contribution in [2.24, 2.45) is 0 Å². The summed E-state index contributed by atoms with van der Waals surface area (Å²) in [4.78, 5) is 31.9. The van der Waals surface area contributed by atoms with E-state index in [4.69, 9.17) is 4.42 Å².